The summed E-state index contributed by atoms with van der Waals surface area (Å²) in [4.78, 5) is 0. The Morgan fingerprint density at radius 1 is 0.941 bits per heavy atom. The molecule has 0 saturated carbocycles. The van der Waals surface area contributed by atoms with Gasteiger partial charge in [0.25, 0.3) is 0 Å². The van der Waals surface area contributed by atoms with Crippen LogP contribution in [0.4, 0.5) is 0 Å². The number of rotatable bonds is 10. The lowest BCUT2D eigenvalue weighted by Gasteiger charge is -2.36. The van der Waals surface area contributed by atoms with E-state index in [0.717, 1.165) is 13.0 Å². The standard InChI is InChI=1S/C14H31NO2/c1-5-6-7-8-9-10-11-15-14(4,12(2)16)13(3)17/h12-13,15-17H,5-11H2,1-4H3. The summed E-state index contributed by atoms with van der Waals surface area (Å²) in [6.07, 6.45) is 6.44. The molecular formula is C14H31NO2. The molecule has 2 unspecified atom stereocenters. The Balaban J connectivity index is 3.70. The maximum atomic E-state index is 9.69. The van der Waals surface area contributed by atoms with Crippen LogP contribution in [-0.2, 0) is 0 Å². The summed E-state index contributed by atoms with van der Waals surface area (Å²) in [5.74, 6) is 0. The zero-order valence-electron chi connectivity index (χ0n) is 12.0. The molecule has 17 heavy (non-hydrogen) atoms. The molecule has 0 aliphatic carbocycles. The smallest absolute Gasteiger partial charge is 0.0716 e. The van der Waals surface area contributed by atoms with Crippen molar-refractivity contribution in [1.29, 1.82) is 0 Å². The third-order valence-corrected chi connectivity index (χ3v) is 3.77. The van der Waals surface area contributed by atoms with Gasteiger partial charge >= 0.3 is 0 Å². The van der Waals surface area contributed by atoms with Crippen LogP contribution in [0, 0.1) is 0 Å². The molecule has 3 N–H and O–H groups in total. The summed E-state index contributed by atoms with van der Waals surface area (Å²) in [6.45, 7) is 8.40. The maximum Gasteiger partial charge on any atom is 0.0716 e. The maximum absolute atomic E-state index is 9.69. The Kier molecular flexibility index (Phi) is 8.83. The van der Waals surface area contributed by atoms with Crippen LogP contribution >= 0.6 is 0 Å². The molecule has 3 heteroatoms. The molecule has 0 spiro atoms. The van der Waals surface area contributed by atoms with E-state index in [1.807, 2.05) is 6.92 Å². The van der Waals surface area contributed by atoms with Gasteiger partial charge in [0.05, 0.1) is 17.7 Å². The number of aliphatic hydroxyl groups excluding tert-OH is 2. The van der Waals surface area contributed by atoms with Gasteiger partial charge < -0.3 is 15.5 Å². The van der Waals surface area contributed by atoms with Crippen LogP contribution in [0.1, 0.15) is 66.2 Å². The van der Waals surface area contributed by atoms with Crippen LogP contribution in [0.5, 0.6) is 0 Å². The Hall–Kier alpha value is -0.120. The molecule has 0 aromatic carbocycles. The molecule has 104 valence electrons. The Morgan fingerprint density at radius 2 is 1.41 bits per heavy atom. The molecule has 0 bridgehead atoms. The number of nitrogens with one attached hydrogen (secondary N) is 1. The van der Waals surface area contributed by atoms with Gasteiger partial charge in [-0.2, -0.15) is 0 Å². The van der Waals surface area contributed by atoms with E-state index in [1.54, 1.807) is 13.8 Å². The minimum atomic E-state index is -0.594. The molecular weight excluding hydrogens is 214 g/mol. The Morgan fingerprint density at radius 3 is 1.88 bits per heavy atom. The molecule has 0 aliphatic heterocycles. The summed E-state index contributed by atoms with van der Waals surface area (Å²) in [5, 5.41) is 22.7. The van der Waals surface area contributed by atoms with Gasteiger partial charge in [0.2, 0.25) is 0 Å². The van der Waals surface area contributed by atoms with Crippen LogP contribution in [0.3, 0.4) is 0 Å². The van der Waals surface area contributed by atoms with E-state index in [0.29, 0.717) is 0 Å². The van der Waals surface area contributed by atoms with Crippen molar-refractivity contribution < 1.29 is 10.2 Å². The predicted molar refractivity (Wildman–Crippen MR) is 73.1 cm³/mol. The highest BCUT2D eigenvalue weighted by atomic mass is 16.3. The van der Waals surface area contributed by atoms with Crippen molar-refractivity contribution in [3.05, 3.63) is 0 Å². The SMILES string of the molecule is CCCCCCCCNC(C)(C(C)O)C(C)O. The molecule has 0 aromatic heterocycles. The lowest BCUT2D eigenvalue weighted by molar-refractivity contribution is -0.00515. The fourth-order valence-corrected chi connectivity index (χ4v) is 1.91. The van der Waals surface area contributed by atoms with Gasteiger partial charge in [-0.05, 0) is 33.7 Å². The molecule has 0 aliphatic rings. The average Bonchev–Trinajstić information content (AvgIpc) is 2.27. The first-order valence-corrected chi connectivity index (χ1v) is 7.06. The summed E-state index contributed by atoms with van der Waals surface area (Å²) < 4.78 is 0. The monoisotopic (exact) mass is 245 g/mol. The van der Waals surface area contributed by atoms with Crippen LogP contribution in [-0.4, -0.2) is 34.5 Å². The van der Waals surface area contributed by atoms with E-state index in [-0.39, 0.29) is 0 Å². The second-order valence-corrected chi connectivity index (χ2v) is 5.33. The van der Waals surface area contributed by atoms with Gasteiger partial charge in [0.1, 0.15) is 0 Å². The summed E-state index contributed by atoms with van der Waals surface area (Å²) >= 11 is 0. The quantitative estimate of drug-likeness (QED) is 0.518. The van der Waals surface area contributed by atoms with E-state index < -0.39 is 17.7 Å². The van der Waals surface area contributed by atoms with Gasteiger partial charge in [-0.25, -0.2) is 0 Å². The van der Waals surface area contributed by atoms with E-state index in [9.17, 15) is 10.2 Å². The minimum Gasteiger partial charge on any atom is -0.391 e. The second-order valence-electron chi connectivity index (χ2n) is 5.33. The first kappa shape index (κ1) is 16.9. The van der Waals surface area contributed by atoms with E-state index in [1.165, 1.54) is 32.1 Å². The topological polar surface area (TPSA) is 52.5 Å². The molecule has 0 saturated heterocycles. The molecule has 0 heterocycles. The third-order valence-electron chi connectivity index (χ3n) is 3.77. The normalized spacial score (nSPS) is 18.7. The van der Waals surface area contributed by atoms with Crippen molar-refractivity contribution in [2.75, 3.05) is 6.54 Å². The number of unbranched alkanes of at least 4 members (excludes halogenated alkanes) is 5. The zero-order valence-corrected chi connectivity index (χ0v) is 12.0. The molecule has 0 fully saturated rings. The molecule has 0 rings (SSSR count). The fourth-order valence-electron chi connectivity index (χ4n) is 1.91. The van der Waals surface area contributed by atoms with E-state index in [2.05, 4.69) is 12.2 Å². The van der Waals surface area contributed by atoms with Crippen LogP contribution in [0.15, 0.2) is 0 Å². The van der Waals surface area contributed by atoms with Crippen molar-refractivity contribution >= 4 is 0 Å². The molecule has 0 amide bonds. The minimum absolute atomic E-state index is 0.553. The summed E-state index contributed by atoms with van der Waals surface area (Å²) in [5.41, 5.74) is -0.594. The largest absolute Gasteiger partial charge is 0.391 e. The van der Waals surface area contributed by atoms with E-state index >= 15 is 0 Å². The van der Waals surface area contributed by atoms with Crippen LogP contribution < -0.4 is 5.32 Å². The van der Waals surface area contributed by atoms with Gasteiger partial charge in [-0.3, -0.25) is 0 Å². The van der Waals surface area contributed by atoms with Gasteiger partial charge in [0, 0.05) is 0 Å². The van der Waals surface area contributed by atoms with Crippen molar-refractivity contribution in [3.63, 3.8) is 0 Å². The highest BCUT2D eigenvalue weighted by Gasteiger charge is 2.34. The fraction of sp³-hybridized carbons (Fsp3) is 1.00. The highest BCUT2D eigenvalue weighted by molar-refractivity contribution is 4.92. The van der Waals surface area contributed by atoms with E-state index in [4.69, 9.17) is 0 Å². The summed E-state index contributed by atoms with van der Waals surface area (Å²) in [7, 11) is 0. The lowest BCUT2D eigenvalue weighted by Crippen LogP contribution is -2.58. The third kappa shape index (κ3) is 6.39. The van der Waals surface area contributed by atoms with Gasteiger partial charge in [0.15, 0.2) is 0 Å². The second kappa shape index (κ2) is 8.90. The Bertz CT molecular complexity index is 173. The number of aliphatic hydroxyl groups is 2. The van der Waals surface area contributed by atoms with Crippen molar-refractivity contribution in [2.45, 2.75) is 84.0 Å². The summed E-state index contributed by atoms with van der Waals surface area (Å²) in [6, 6.07) is 0. The predicted octanol–water partition coefficient (Wildman–Crippen LogP) is 2.46. The van der Waals surface area contributed by atoms with Gasteiger partial charge in [-0.15, -0.1) is 0 Å². The first-order chi connectivity index (χ1) is 7.95. The first-order valence-electron chi connectivity index (χ1n) is 7.06. The van der Waals surface area contributed by atoms with Crippen LogP contribution in [0.25, 0.3) is 0 Å². The number of hydrogen-bond acceptors (Lipinski definition) is 3. The van der Waals surface area contributed by atoms with Crippen LogP contribution in [0.2, 0.25) is 0 Å². The zero-order chi connectivity index (χ0) is 13.3. The van der Waals surface area contributed by atoms with Crippen molar-refractivity contribution in [1.82, 2.24) is 5.32 Å². The van der Waals surface area contributed by atoms with Crippen molar-refractivity contribution in [2.24, 2.45) is 0 Å². The molecule has 3 nitrogen and oxygen atoms in total. The highest BCUT2D eigenvalue weighted by Crippen LogP contribution is 2.15. The Labute approximate surface area is 107 Å². The van der Waals surface area contributed by atoms with Gasteiger partial charge in [-0.1, -0.05) is 39.0 Å². The number of hydrogen-bond donors (Lipinski definition) is 3. The lowest BCUT2D eigenvalue weighted by atomic mass is 9.90. The molecule has 0 aromatic rings. The molecule has 2 atom stereocenters. The average molecular weight is 245 g/mol. The molecule has 0 radical (unpaired) electrons. The van der Waals surface area contributed by atoms with Crippen molar-refractivity contribution in [3.8, 4) is 0 Å².